The van der Waals surface area contributed by atoms with Gasteiger partial charge in [0.2, 0.25) is 11.7 Å². The predicted molar refractivity (Wildman–Crippen MR) is 85.9 cm³/mol. The number of hydrogen-bond acceptors (Lipinski definition) is 6. The Kier molecular flexibility index (Phi) is 4.55. The molecule has 3 rings (SSSR count). The van der Waals surface area contributed by atoms with Crippen LogP contribution in [0, 0.1) is 0 Å². The first kappa shape index (κ1) is 19.4. The number of ketones is 1. The molecule has 1 saturated carbocycles. The van der Waals surface area contributed by atoms with Gasteiger partial charge in [0.1, 0.15) is 10.5 Å². The van der Waals surface area contributed by atoms with Crippen molar-refractivity contribution in [3.8, 4) is 5.88 Å². The largest absolute Gasteiger partial charge is 0.493 e. The first-order valence-electron chi connectivity index (χ1n) is 7.79. The van der Waals surface area contributed by atoms with Gasteiger partial charge in [-0.15, -0.1) is 0 Å². The normalized spacial score (nSPS) is 15.1. The van der Waals surface area contributed by atoms with Gasteiger partial charge >= 0.3 is 6.18 Å². The first-order chi connectivity index (χ1) is 12.5. The Balaban J connectivity index is 2.21. The van der Waals surface area contributed by atoms with Gasteiger partial charge in [-0.25, -0.2) is 4.68 Å². The lowest BCUT2D eigenvalue weighted by Crippen LogP contribution is -2.15. The lowest BCUT2D eigenvalue weighted by Gasteiger charge is -2.13. The van der Waals surface area contributed by atoms with Crippen LogP contribution in [0.25, 0.3) is 0 Å². The number of aromatic nitrogens is 2. The van der Waals surface area contributed by atoms with E-state index < -0.39 is 44.0 Å². The van der Waals surface area contributed by atoms with E-state index in [1.807, 2.05) is 0 Å². The minimum absolute atomic E-state index is 0.0621. The van der Waals surface area contributed by atoms with Crippen molar-refractivity contribution < 1.29 is 35.7 Å². The summed E-state index contributed by atoms with van der Waals surface area (Å²) >= 11 is 0. The highest BCUT2D eigenvalue weighted by Gasteiger charge is 2.38. The van der Waals surface area contributed by atoms with Crippen LogP contribution in [-0.4, -0.2) is 36.2 Å². The molecular weight excluding hydrogens is 389 g/mol. The zero-order valence-corrected chi connectivity index (χ0v) is 15.1. The fraction of sp³-hybridized carbons (Fsp3) is 0.375. The van der Waals surface area contributed by atoms with Gasteiger partial charge < -0.3 is 5.11 Å². The Morgan fingerprint density at radius 3 is 2.48 bits per heavy atom. The number of alkyl halides is 3. The third-order valence-electron chi connectivity index (χ3n) is 4.28. The summed E-state index contributed by atoms with van der Waals surface area (Å²) in [5.74, 6) is -1.48. The topological polar surface area (TPSA) is 98.5 Å². The lowest BCUT2D eigenvalue weighted by molar-refractivity contribution is -0.137. The molecule has 7 nitrogen and oxygen atoms in total. The zero-order chi connectivity index (χ0) is 20.1. The molecule has 1 N–H and O–H groups in total. The van der Waals surface area contributed by atoms with Crippen LogP contribution in [0.15, 0.2) is 23.1 Å². The third-order valence-corrected chi connectivity index (χ3v) is 5.59. The van der Waals surface area contributed by atoms with Crippen LogP contribution in [-0.2, 0) is 27.5 Å². The van der Waals surface area contributed by atoms with Gasteiger partial charge in [-0.05, 0) is 31.0 Å². The highest BCUT2D eigenvalue weighted by atomic mass is 32.2. The van der Waals surface area contributed by atoms with Crippen molar-refractivity contribution in [2.75, 3.05) is 7.11 Å². The molecule has 27 heavy (non-hydrogen) atoms. The van der Waals surface area contributed by atoms with Crippen LogP contribution in [0.2, 0.25) is 0 Å². The fourth-order valence-electron chi connectivity index (χ4n) is 2.71. The molecule has 1 aliphatic carbocycles. The maximum atomic E-state index is 13.0. The molecule has 1 heterocycles. The van der Waals surface area contributed by atoms with Crippen molar-refractivity contribution in [2.24, 2.45) is 7.05 Å². The summed E-state index contributed by atoms with van der Waals surface area (Å²) in [5, 5.41) is 14.3. The number of aryl methyl sites for hydroxylation is 1. The maximum absolute atomic E-state index is 13.0. The second-order valence-electron chi connectivity index (χ2n) is 6.14. The van der Waals surface area contributed by atoms with Gasteiger partial charge in [-0.1, -0.05) is 0 Å². The van der Waals surface area contributed by atoms with E-state index in [0.29, 0.717) is 17.8 Å². The minimum Gasteiger partial charge on any atom is -0.493 e. The third kappa shape index (κ3) is 3.44. The molecule has 1 aliphatic rings. The number of carbonyl (C=O) groups is 1. The fourth-order valence-corrected chi connectivity index (χ4v) is 3.59. The smallest absolute Gasteiger partial charge is 0.416 e. The lowest BCUT2D eigenvalue weighted by atomic mass is 10.00. The summed E-state index contributed by atoms with van der Waals surface area (Å²) in [6.45, 7) is 0. The van der Waals surface area contributed by atoms with E-state index in [4.69, 9.17) is 0 Å². The molecule has 146 valence electrons. The summed E-state index contributed by atoms with van der Waals surface area (Å²) in [6.07, 6.45) is -3.32. The number of hydrogen-bond donors (Lipinski definition) is 1. The second-order valence-corrected chi connectivity index (χ2v) is 7.82. The van der Waals surface area contributed by atoms with Crippen molar-refractivity contribution in [2.45, 2.75) is 29.8 Å². The maximum Gasteiger partial charge on any atom is 0.416 e. The van der Waals surface area contributed by atoms with Gasteiger partial charge in [0.25, 0.3) is 10.1 Å². The van der Waals surface area contributed by atoms with E-state index in [0.717, 1.165) is 30.7 Å². The SMILES string of the molecule is COS(=O)(=O)c1cc(C(F)(F)F)ccc1C(=O)c1c(C2CC2)nn(C)c1O. The summed E-state index contributed by atoms with van der Waals surface area (Å²) < 4.78 is 68.6. The Morgan fingerprint density at radius 2 is 1.96 bits per heavy atom. The average molecular weight is 404 g/mol. The summed E-state index contributed by atoms with van der Waals surface area (Å²) in [6, 6.07) is 1.71. The van der Waals surface area contributed by atoms with Gasteiger partial charge in [-0.2, -0.15) is 26.7 Å². The van der Waals surface area contributed by atoms with Crippen molar-refractivity contribution in [3.63, 3.8) is 0 Å². The van der Waals surface area contributed by atoms with Crippen LogP contribution < -0.4 is 0 Å². The van der Waals surface area contributed by atoms with E-state index in [-0.39, 0.29) is 11.5 Å². The second kappa shape index (κ2) is 6.34. The molecule has 0 unspecified atom stereocenters. The van der Waals surface area contributed by atoms with Crippen LogP contribution in [0.1, 0.15) is 45.9 Å². The highest BCUT2D eigenvalue weighted by molar-refractivity contribution is 7.86. The van der Waals surface area contributed by atoms with Crippen LogP contribution in [0.3, 0.4) is 0 Å². The minimum atomic E-state index is -4.81. The van der Waals surface area contributed by atoms with E-state index in [1.54, 1.807) is 0 Å². The number of carbonyl (C=O) groups excluding carboxylic acids is 1. The van der Waals surface area contributed by atoms with E-state index in [2.05, 4.69) is 9.28 Å². The molecule has 0 atom stereocenters. The van der Waals surface area contributed by atoms with E-state index in [1.165, 1.54) is 7.05 Å². The number of aromatic hydroxyl groups is 1. The number of benzene rings is 1. The molecule has 1 aromatic heterocycles. The Morgan fingerprint density at radius 1 is 1.33 bits per heavy atom. The first-order valence-corrected chi connectivity index (χ1v) is 9.20. The number of nitrogens with zero attached hydrogens (tertiary/aromatic N) is 2. The summed E-state index contributed by atoms with van der Waals surface area (Å²) in [5.41, 5.74) is -1.70. The van der Waals surface area contributed by atoms with Gasteiger partial charge in [-0.3, -0.25) is 8.98 Å². The van der Waals surface area contributed by atoms with Crippen molar-refractivity contribution in [3.05, 3.63) is 40.6 Å². The zero-order valence-electron chi connectivity index (χ0n) is 14.2. The number of halogens is 3. The van der Waals surface area contributed by atoms with Crippen molar-refractivity contribution in [1.29, 1.82) is 0 Å². The van der Waals surface area contributed by atoms with Gasteiger partial charge in [0.05, 0.1) is 18.4 Å². The molecule has 0 spiro atoms. The monoisotopic (exact) mass is 404 g/mol. The molecule has 1 aromatic carbocycles. The Bertz CT molecular complexity index is 1020. The van der Waals surface area contributed by atoms with Crippen LogP contribution in [0.5, 0.6) is 5.88 Å². The number of rotatable bonds is 5. The molecule has 0 radical (unpaired) electrons. The molecule has 0 saturated heterocycles. The average Bonchev–Trinajstić information content (AvgIpc) is 3.40. The Labute approximate surface area is 152 Å². The quantitative estimate of drug-likeness (QED) is 0.608. The molecule has 0 bridgehead atoms. The Hall–Kier alpha value is -2.40. The van der Waals surface area contributed by atoms with E-state index >= 15 is 0 Å². The van der Waals surface area contributed by atoms with Crippen molar-refractivity contribution in [1.82, 2.24) is 9.78 Å². The molecule has 0 aliphatic heterocycles. The van der Waals surface area contributed by atoms with Crippen LogP contribution in [0.4, 0.5) is 13.2 Å². The summed E-state index contributed by atoms with van der Waals surface area (Å²) in [7, 11) is -2.44. The molecule has 1 fully saturated rings. The predicted octanol–water partition coefficient (Wildman–Crippen LogP) is 2.59. The molecular formula is C16H15F3N2O5S. The standard InChI is InChI=1S/C16H15F3N2O5S/c1-21-15(23)12(13(20-21)8-3-4-8)14(22)10-6-5-9(16(17,18)19)7-11(10)27(24,25)26-2/h5-8,23H,3-4H2,1-2H3. The van der Waals surface area contributed by atoms with Crippen LogP contribution >= 0.6 is 0 Å². The molecule has 11 heteroatoms. The van der Waals surface area contributed by atoms with Crippen molar-refractivity contribution >= 4 is 15.9 Å². The summed E-state index contributed by atoms with van der Waals surface area (Å²) in [4.78, 5) is 12.0. The van der Waals surface area contributed by atoms with Gasteiger partial charge in [0.15, 0.2) is 0 Å². The highest BCUT2D eigenvalue weighted by Crippen LogP contribution is 2.44. The van der Waals surface area contributed by atoms with Gasteiger partial charge in [0, 0.05) is 18.5 Å². The molecule has 2 aromatic rings. The van der Waals surface area contributed by atoms with E-state index in [9.17, 15) is 31.5 Å². The molecule has 0 amide bonds.